The molecule has 0 fully saturated rings. The van der Waals surface area contributed by atoms with Crippen LogP contribution in [-0.2, 0) is 6.42 Å². The fourth-order valence-corrected chi connectivity index (χ4v) is 3.15. The van der Waals surface area contributed by atoms with Crippen LogP contribution in [0, 0.1) is 27.7 Å². The second-order valence-corrected chi connectivity index (χ2v) is 5.93. The van der Waals surface area contributed by atoms with Crippen LogP contribution in [0.5, 0.6) is 0 Å². The maximum Gasteiger partial charge on any atom is 0.0630 e. The molecule has 0 spiro atoms. The summed E-state index contributed by atoms with van der Waals surface area (Å²) in [6, 6.07) is 13.0. The molecule has 0 N–H and O–H groups in total. The summed E-state index contributed by atoms with van der Waals surface area (Å²) in [6.45, 7) is 8.57. The predicted octanol–water partition coefficient (Wildman–Crippen LogP) is 5.44. The zero-order valence-corrected chi connectivity index (χ0v) is 12.9. The van der Waals surface area contributed by atoms with Crippen molar-refractivity contribution in [3.63, 3.8) is 0 Å². The Balaban J connectivity index is 2.31. The Morgan fingerprint density at radius 2 is 1.53 bits per heavy atom. The van der Waals surface area contributed by atoms with Gasteiger partial charge in [0.2, 0.25) is 0 Å². The zero-order valence-electron chi connectivity index (χ0n) is 12.1. The highest BCUT2D eigenvalue weighted by Crippen LogP contribution is 2.31. The van der Waals surface area contributed by atoms with Crippen molar-refractivity contribution in [1.82, 2.24) is 0 Å². The van der Waals surface area contributed by atoms with E-state index >= 15 is 0 Å². The Morgan fingerprint density at radius 1 is 0.895 bits per heavy atom. The molecule has 19 heavy (non-hydrogen) atoms. The van der Waals surface area contributed by atoms with Gasteiger partial charge in [0, 0.05) is 0 Å². The lowest BCUT2D eigenvalue weighted by molar-refractivity contribution is 0.890. The molecule has 2 rings (SSSR count). The lowest BCUT2D eigenvalue weighted by Gasteiger charge is -2.17. The van der Waals surface area contributed by atoms with Gasteiger partial charge in [0.15, 0.2) is 0 Å². The van der Waals surface area contributed by atoms with E-state index in [1.165, 1.54) is 33.4 Å². The highest BCUT2D eigenvalue weighted by molar-refractivity contribution is 6.21. The van der Waals surface area contributed by atoms with Crippen molar-refractivity contribution in [2.45, 2.75) is 39.5 Å². The normalized spacial score (nSPS) is 12.5. The van der Waals surface area contributed by atoms with E-state index in [-0.39, 0.29) is 5.38 Å². The molecule has 0 nitrogen and oxygen atoms in total. The summed E-state index contributed by atoms with van der Waals surface area (Å²) in [5.74, 6) is 0. The van der Waals surface area contributed by atoms with E-state index < -0.39 is 0 Å². The SMILES string of the molecule is Cc1ccc(C)c(CC(Cl)c2c(C)cccc2C)c1. The van der Waals surface area contributed by atoms with Gasteiger partial charge in [-0.05, 0) is 61.9 Å². The van der Waals surface area contributed by atoms with Crippen molar-refractivity contribution >= 4 is 11.6 Å². The van der Waals surface area contributed by atoms with E-state index in [0.717, 1.165) is 6.42 Å². The number of benzene rings is 2. The summed E-state index contributed by atoms with van der Waals surface area (Å²) in [4.78, 5) is 0. The molecule has 0 amide bonds. The van der Waals surface area contributed by atoms with Crippen LogP contribution in [0.15, 0.2) is 36.4 Å². The molecule has 1 heteroatoms. The number of rotatable bonds is 3. The average Bonchev–Trinajstić information content (AvgIpc) is 2.33. The van der Waals surface area contributed by atoms with Gasteiger partial charge in [0.1, 0.15) is 0 Å². The minimum Gasteiger partial charge on any atom is -0.117 e. The van der Waals surface area contributed by atoms with Crippen LogP contribution >= 0.6 is 11.6 Å². The predicted molar refractivity (Wildman–Crippen MR) is 84.1 cm³/mol. The second kappa shape index (κ2) is 5.79. The van der Waals surface area contributed by atoms with Crippen molar-refractivity contribution in [1.29, 1.82) is 0 Å². The molecule has 0 aromatic heterocycles. The number of alkyl halides is 1. The molecule has 0 aliphatic carbocycles. The van der Waals surface area contributed by atoms with Crippen LogP contribution in [0.2, 0.25) is 0 Å². The first-order chi connectivity index (χ1) is 8.99. The lowest BCUT2D eigenvalue weighted by atomic mass is 9.94. The average molecular weight is 273 g/mol. The first-order valence-electron chi connectivity index (χ1n) is 6.75. The molecule has 0 saturated heterocycles. The number of hydrogen-bond donors (Lipinski definition) is 0. The summed E-state index contributed by atoms with van der Waals surface area (Å²) < 4.78 is 0. The lowest BCUT2D eigenvalue weighted by Crippen LogP contribution is -2.02. The molecule has 0 saturated carbocycles. The molecule has 0 aliphatic rings. The van der Waals surface area contributed by atoms with Gasteiger partial charge in [-0.25, -0.2) is 0 Å². The molecule has 1 atom stereocenters. The summed E-state index contributed by atoms with van der Waals surface area (Å²) in [5.41, 5.74) is 7.82. The smallest absolute Gasteiger partial charge is 0.0630 e. The molecule has 0 bridgehead atoms. The minimum absolute atomic E-state index is 0.0432. The highest BCUT2D eigenvalue weighted by atomic mass is 35.5. The van der Waals surface area contributed by atoms with Gasteiger partial charge < -0.3 is 0 Å². The third kappa shape index (κ3) is 3.19. The molecule has 100 valence electrons. The van der Waals surface area contributed by atoms with E-state index in [0.29, 0.717) is 0 Å². The van der Waals surface area contributed by atoms with Crippen molar-refractivity contribution in [3.8, 4) is 0 Å². The van der Waals surface area contributed by atoms with Crippen molar-refractivity contribution < 1.29 is 0 Å². The highest BCUT2D eigenvalue weighted by Gasteiger charge is 2.15. The number of aryl methyl sites for hydroxylation is 4. The third-order valence-electron chi connectivity index (χ3n) is 3.76. The monoisotopic (exact) mass is 272 g/mol. The molecule has 0 heterocycles. The topological polar surface area (TPSA) is 0 Å². The Hall–Kier alpha value is -1.27. The Labute approximate surface area is 121 Å². The fourth-order valence-electron chi connectivity index (χ4n) is 2.64. The molecule has 2 aromatic carbocycles. The first kappa shape index (κ1) is 14.1. The molecule has 0 radical (unpaired) electrons. The van der Waals surface area contributed by atoms with Crippen LogP contribution in [0.3, 0.4) is 0 Å². The molecule has 1 unspecified atom stereocenters. The van der Waals surface area contributed by atoms with Crippen LogP contribution < -0.4 is 0 Å². The summed E-state index contributed by atoms with van der Waals surface area (Å²) >= 11 is 6.68. The second-order valence-electron chi connectivity index (χ2n) is 5.41. The maximum atomic E-state index is 6.68. The number of hydrogen-bond acceptors (Lipinski definition) is 0. The summed E-state index contributed by atoms with van der Waals surface area (Å²) in [6.07, 6.45) is 0.890. The molecule has 0 aliphatic heterocycles. The van der Waals surface area contributed by atoms with E-state index in [4.69, 9.17) is 11.6 Å². The van der Waals surface area contributed by atoms with E-state index in [1.54, 1.807) is 0 Å². The van der Waals surface area contributed by atoms with Crippen LogP contribution in [0.1, 0.15) is 38.8 Å². The van der Waals surface area contributed by atoms with Gasteiger partial charge >= 0.3 is 0 Å². The maximum absolute atomic E-state index is 6.68. The van der Waals surface area contributed by atoms with Crippen LogP contribution in [-0.4, -0.2) is 0 Å². The molecular weight excluding hydrogens is 252 g/mol. The van der Waals surface area contributed by atoms with Gasteiger partial charge in [-0.1, -0.05) is 42.0 Å². The quantitative estimate of drug-likeness (QED) is 0.653. The largest absolute Gasteiger partial charge is 0.117 e. The Bertz CT molecular complexity index is 564. The van der Waals surface area contributed by atoms with Crippen LogP contribution in [0.4, 0.5) is 0 Å². The number of halogens is 1. The van der Waals surface area contributed by atoms with Crippen LogP contribution in [0.25, 0.3) is 0 Å². The molecule has 2 aromatic rings. The first-order valence-corrected chi connectivity index (χ1v) is 7.19. The van der Waals surface area contributed by atoms with Crippen molar-refractivity contribution in [2.75, 3.05) is 0 Å². The molecular formula is C18H21Cl. The van der Waals surface area contributed by atoms with Gasteiger partial charge in [0.25, 0.3) is 0 Å². The Morgan fingerprint density at radius 3 is 2.16 bits per heavy atom. The van der Waals surface area contributed by atoms with E-state index in [9.17, 15) is 0 Å². The van der Waals surface area contributed by atoms with Gasteiger partial charge in [-0.15, -0.1) is 11.6 Å². The zero-order chi connectivity index (χ0) is 14.0. The Kier molecular flexibility index (Phi) is 4.31. The van der Waals surface area contributed by atoms with Gasteiger partial charge in [-0.2, -0.15) is 0 Å². The summed E-state index contributed by atoms with van der Waals surface area (Å²) in [5, 5.41) is 0.0432. The van der Waals surface area contributed by atoms with E-state index in [2.05, 4.69) is 64.1 Å². The summed E-state index contributed by atoms with van der Waals surface area (Å²) in [7, 11) is 0. The van der Waals surface area contributed by atoms with Gasteiger partial charge in [0.05, 0.1) is 5.38 Å². The van der Waals surface area contributed by atoms with Crippen molar-refractivity contribution in [2.24, 2.45) is 0 Å². The van der Waals surface area contributed by atoms with E-state index in [1.807, 2.05) is 0 Å². The third-order valence-corrected chi connectivity index (χ3v) is 4.13. The minimum atomic E-state index is 0.0432. The standard InChI is InChI=1S/C18H21Cl/c1-12-8-9-13(2)16(10-12)11-17(19)18-14(3)6-5-7-15(18)4/h5-10,17H,11H2,1-4H3. The fraction of sp³-hybridized carbons (Fsp3) is 0.333. The van der Waals surface area contributed by atoms with Crippen molar-refractivity contribution in [3.05, 3.63) is 69.8 Å². The van der Waals surface area contributed by atoms with Gasteiger partial charge in [-0.3, -0.25) is 0 Å².